The second-order valence-electron chi connectivity index (χ2n) is 6.01. The molecule has 0 bridgehead atoms. The summed E-state index contributed by atoms with van der Waals surface area (Å²) in [6.45, 7) is 0. The first-order valence-corrected chi connectivity index (χ1v) is 7.85. The van der Waals surface area contributed by atoms with Crippen molar-refractivity contribution in [2.45, 2.75) is 25.7 Å². The van der Waals surface area contributed by atoms with E-state index in [4.69, 9.17) is 0 Å². The van der Waals surface area contributed by atoms with Crippen molar-refractivity contribution in [1.29, 1.82) is 0 Å². The smallest absolute Gasteiger partial charge is 0.269 e. The lowest BCUT2D eigenvalue weighted by Gasteiger charge is -2.08. The van der Waals surface area contributed by atoms with Gasteiger partial charge in [0.25, 0.3) is 11.8 Å². The number of nitrogens with one attached hydrogen (secondary N) is 4. The Balaban J connectivity index is 1.48. The maximum Gasteiger partial charge on any atom is 0.269 e. The molecular weight excluding hydrogens is 312 g/mol. The maximum absolute atomic E-state index is 11.9. The lowest BCUT2D eigenvalue weighted by atomic mass is 10.1. The van der Waals surface area contributed by atoms with Gasteiger partial charge in [-0.15, -0.1) is 0 Å². The summed E-state index contributed by atoms with van der Waals surface area (Å²) in [6, 6.07) is 5.87. The van der Waals surface area contributed by atoms with Crippen molar-refractivity contribution < 1.29 is 19.2 Å². The quantitative estimate of drug-likeness (QED) is 0.583. The minimum absolute atomic E-state index is 0.00206. The summed E-state index contributed by atoms with van der Waals surface area (Å²) in [5, 5.41) is 0. The van der Waals surface area contributed by atoms with Gasteiger partial charge in [0.05, 0.1) is 0 Å². The molecule has 4 N–H and O–H groups in total. The van der Waals surface area contributed by atoms with Crippen molar-refractivity contribution in [2.75, 3.05) is 0 Å². The van der Waals surface area contributed by atoms with Crippen LogP contribution in [-0.2, 0) is 9.59 Å². The van der Waals surface area contributed by atoms with Gasteiger partial charge < -0.3 is 0 Å². The monoisotopic (exact) mass is 330 g/mol. The highest BCUT2D eigenvalue weighted by Crippen LogP contribution is 2.28. The molecule has 0 saturated heterocycles. The highest BCUT2D eigenvalue weighted by molar-refractivity contribution is 5.99. The number of hydrogen-bond donors (Lipinski definition) is 4. The lowest BCUT2D eigenvalue weighted by Crippen LogP contribution is -2.43. The first kappa shape index (κ1) is 16.0. The zero-order chi connectivity index (χ0) is 17.1. The summed E-state index contributed by atoms with van der Waals surface area (Å²) in [4.78, 5) is 46.7. The number of amides is 4. The van der Waals surface area contributed by atoms with Crippen LogP contribution in [0.15, 0.2) is 24.3 Å². The minimum Gasteiger partial charge on any atom is -0.273 e. The molecule has 0 spiro atoms. The fourth-order valence-electron chi connectivity index (χ4n) is 2.05. The molecular formula is C16H18N4O4. The van der Waals surface area contributed by atoms with Crippen molar-refractivity contribution in [1.82, 2.24) is 21.7 Å². The van der Waals surface area contributed by atoms with E-state index < -0.39 is 11.8 Å². The largest absolute Gasteiger partial charge is 0.273 e. The number of hydrazine groups is 2. The van der Waals surface area contributed by atoms with Crippen LogP contribution in [0, 0.1) is 11.8 Å². The third-order valence-corrected chi connectivity index (χ3v) is 3.90. The van der Waals surface area contributed by atoms with Crippen LogP contribution >= 0.6 is 0 Å². The Morgan fingerprint density at radius 1 is 0.625 bits per heavy atom. The fourth-order valence-corrected chi connectivity index (χ4v) is 2.05. The second-order valence-corrected chi connectivity index (χ2v) is 6.01. The molecule has 1 aromatic carbocycles. The molecule has 126 valence electrons. The average molecular weight is 330 g/mol. The number of carbonyl (C=O) groups excluding carboxylic acids is 4. The summed E-state index contributed by atoms with van der Waals surface area (Å²) in [5.74, 6) is -1.29. The van der Waals surface area contributed by atoms with Gasteiger partial charge in [0.2, 0.25) is 11.8 Å². The Labute approximate surface area is 138 Å². The van der Waals surface area contributed by atoms with Crippen LogP contribution < -0.4 is 21.7 Å². The molecule has 4 amide bonds. The lowest BCUT2D eigenvalue weighted by molar-refractivity contribution is -0.123. The normalized spacial score (nSPS) is 16.0. The standard InChI is InChI=1S/C16H18N4O4/c21-13(17-19-15(23)11-5-6-11)9-1-2-10(4-3-9)14(22)18-20-16(24)12-7-8-12/h1-4,11-12H,5-8H2,(H,17,21)(H,18,22)(H,19,23)(H,20,24). The number of benzene rings is 1. The second kappa shape index (κ2) is 6.69. The molecule has 0 atom stereocenters. The maximum atomic E-state index is 11.9. The van der Waals surface area contributed by atoms with Crippen molar-refractivity contribution in [3.05, 3.63) is 35.4 Å². The fraction of sp³-hybridized carbons (Fsp3) is 0.375. The van der Waals surface area contributed by atoms with Gasteiger partial charge in [-0.2, -0.15) is 0 Å². The highest BCUT2D eigenvalue weighted by atomic mass is 16.2. The van der Waals surface area contributed by atoms with Crippen molar-refractivity contribution in [3.8, 4) is 0 Å². The number of rotatable bonds is 4. The first-order valence-electron chi connectivity index (χ1n) is 7.85. The SMILES string of the molecule is O=C(NNC(=O)C1CC1)c1ccc(C(=O)NNC(=O)C2CC2)cc1. The topological polar surface area (TPSA) is 116 Å². The first-order chi connectivity index (χ1) is 11.5. The van der Waals surface area contributed by atoms with E-state index in [0.29, 0.717) is 11.1 Å². The Bertz CT molecular complexity index is 619. The average Bonchev–Trinajstić information content (AvgIpc) is 3.48. The van der Waals surface area contributed by atoms with Crippen LogP contribution in [0.1, 0.15) is 46.4 Å². The Hall–Kier alpha value is -2.90. The zero-order valence-corrected chi connectivity index (χ0v) is 12.9. The summed E-state index contributed by atoms with van der Waals surface area (Å²) in [6.07, 6.45) is 3.40. The summed E-state index contributed by atoms with van der Waals surface area (Å²) in [5.41, 5.74) is 10.0. The molecule has 1 aromatic rings. The zero-order valence-electron chi connectivity index (χ0n) is 12.9. The van der Waals surface area contributed by atoms with Gasteiger partial charge in [-0.3, -0.25) is 40.9 Å². The van der Waals surface area contributed by atoms with Crippen LogP contribution in [0.5, 0.6) is 0 Å². The van der Waals surface area contributed by atoms with E-state index in [2.05, 4.69) is 21.7 Å². The van der Waals surface area contributed by atoms with Crippen LogP contribution in [0.4, 0.5) is 0 Å². The summed E-state index contributed by atoms with van der Waals surface area (Å²) in [7, 11) is 0. The van der Waals surface area contributed by atoms with Crippen molar-refractivity contribution in [2.24, 2.45) is 11.8 Å². The van der Waals surface area contributed by atoms with E-state index in [1.54, 1.807) is 0 Å². The molecule has 2 aliphatic rings. The molecule has 0 unspecified atom stereocenters. The van der Waals surface area contributed by atoms with Crippen LogP contribution in [0.3, 0.4) is 0 Å². The van der Waals surface area contributed by atoms with Gasteiger partial charge in [0, 0.05) is 23.0 Å². The van der Waals surface area contributed by atoms with Gasteiger partial charge in [0.1, 0.15) is 0 Å². The Morgan fingerprint density at radius 2 is 0.958 bits per heavy atom. The van der Waals surface area contributed by atoms with Crippen molar-refractivity contribution >= 4 is 23.6 Å². The molecule has 8 nitrogen and oxygen atoms in total. The molecule has 0 radical (unpaired) electrons. The molecule has 0 aliphatic heterocycles. The van der Waals surface area contributed by atoms with E-state index in [1.807, 2.05) is 0 Å². The van der Waals surface area contributed by atoms with E-state index in [9.17, 15) is 19.2 Å². The molecule has 2 aliphatic carbocycles. The third kappa shape index (κ3) is 4.09. The van der Waals surface area contributed by atoms with E-state index in [1.165, 1.54) is 24.3 Å². The minimum atomic E-state index is -0.460. The van der Waals surface area contributed by atoms with Gasteiger partial charge in [-0.25, -0.2) is 0 Å². The molecule has 0 aromatic heterocycles. The highest BCUT2D eigenvalue weighted by Gasteiger charge is 2.30. The molecule has 2 saturated carbocycles. The van der Waals surface area contributed by atoms with Crippen LogP contribution in [0.2, 0.25) is 0 Å². The predicted molar refractivity (Wildman–Crippen MR) is 83.1 cm³/mol. The molecule has 8 heteroatoms. The van der Waals surface area contributed by atoms with Crippen molar-refractivity contribution in [3.63, 3.8) is 0 Å². The Morgan fingerprint density at radius 3 is 1.25 bits per heavy atom. The van der Waals surface area contributed by atoms with Gasteiger partial charge in [0.15, 0.2) is 0 Å². The predicted octanol–water partition coefficient (Wildman–Crippen LogP) is 0.0286. The van der Waals surface area contributed by atoms with Gasteiger partial charge in [-0.05, 0) is 49.9 Å². The summed E-state index contributed by atoms with van der Waals surface area (Å²) >= 11 is 0. The van der Waals surface area contributed by atoms with Gasteiger partial charge in [-0.1, -0.05) is 0 Å². The molecule has 0 heterocycles. The van der Waals surface area contributed by atoms with E-state index in [0.717, 1.165) is 25.7 Å². The van der Waals surface area contributed by atoms with E-state index in [-0.39, 0.29) is 23.7 Å². The van der Waals surface area contributed by atoms with Crippen LogP contribution in [-0.4, -0.2) is 23.6 Å². The molecule has 3 rings (SSSR count). The third-order valence-electron chi connectivity index (χ3n) is 3.90. The number of hydrogen-bond acceptors (Lipinski definition) is 4. The van der Waals surface area contributed by atoms with Crippen LogP contribution in [0.25, 0.3) is 0 Å². The summed E-state index contributed by atoms with van der Waals surface area (Å²) < 4.78 is 0. The van der Waals surface area contributed by atoms with E-state index >= 15 is 0 Å². The molecule has 24 heavy (non-hydrogen) atoms. The number of carbonyl (C=O) groups is 4. The Kier molecular flexibility index (Phi) is 4.45. The molecule has 2 fully saturated rings. The van der Waals surface area contributed by atoms with Gasteiger partial charge >= 0.3 is 0 Å².